The highest BCUT2D eigenvalue weighted by Crippen LogP contribution is 2.09. The number of aryl methyl sites for hydroxylation is 2. The maximum Gasteiger partial charge on any atom is 0.320 e. The van der Waals surface area contributed by atoms with Crippen molar-refractivity contribution in [2.24, 2.45) is 7.05 Å². The van der Waals surface area contributed by atoms with Crippen LogP contribution in [0, 0.1) is 6.92 Å². The predicted molar refractivity (Wildman–Crippen MR) is 72.1 cm³/mol. The summed E-state index contributed by atoms with van der Waals surface area (Å²) in [5.41, 5.74) is -0.166. The minimum atomic E-state index is -0.990. The fourth-order valence-corrected chi connectivity index (χ4v) is 1.57. The van der Waals surface area contributed by atoms with E-state index < -0.39 is 5.60 Å². The van der Waals surface area contributed by atoms with Crippen molar-refractivity contribution in [2.75, 3.05) is 25.6 Å². The summed E-state index contributed by atoms with van der Waals surface area (Å²) >= 11 is 0. The van der Waals surface area contributed by atoms with E-state index in [4.69, 9.17) is 4.74 Å². The van der Waals surface area contributed by atoms with Gasteiger partial charge in [-0.3, -0.25) is 10.00 Å². The molecule has 0 aliphatic carbocycles. The van der Waals surface area contributed by atoms with E-state index in [-0.39, 0.29) is 12.6 Å². The van der Waals surface area contributed by atoms with Crippen LogP contribution >= 0.6 is 0 Å². The average Bonchev–Trinajstić information content (AvgIpc) is 2.63. The van der Waals surface area contributed by atoms with Crippen molar-refractivity contribution >= 4 is 11.8 Å². The number of nitrogens with zero attached hydrogens (tertiary/aromatic N) is 2. The van der Waals surface area contributed by atoms with Crippen molar-refractivity contribution in [1.82, 2.24) is 15.1 Å². The number of methoxy groups -OCH3 is 1. The van der Waals surface area contributed by atoms with Crippen LogP contribution in [0.5, 0.6) is 0 Å². The summed E-state index contributed by atoms with van der Waals surface area (Å²) in [6, 6.07) is 1.39. The summed E-state index contributed by atoms with van der Waals surface area (Å²) in [5, 5.41) is 19.4. The molecule has 0 radical (unpaired) electrons. The maximum absolute atomic E-state index is 11.7. The number of aliphatic hydroxyl groups is 1. The average molecular weight is 270 g/mol. The van der Waals surface area contributed by atoms with E-state index in [9.17, 15) is 9.90 Å². The number of rotatable bonds is 6. The third kappa shape index (κ3) is 5.27. The van der Waals surface area contributed by atoms with Crippen LogP contribution < -0.4 is 10.6 Å². The van der Waals surface area contributed by atoms with Crippen LogP contribution in [0.3, 0.4) is 0 Å². The van der Waals surface area contributed by atoms with Crippen molar-refractivity contribution in [2.45, 2.75) is 25.9 Å². The highest BCUT2D eigenvalue weighted by Gasteiger charge is 2.21. The number of aromatic nitrogens is 2. The molecule has 1 heterocycles. The third-order valence-electron chi connectivity index (χ3n) is 2.72. The van der Waals surface area contributed by atoms with Crippen LogP contribution in [0.2, 0.25) is 0 Å². The topological polar surface area (TPSA) is 88.4 Å². The zero-order chi connectivity index (χ0) is 14.5. The van der Waals surface area contributed by atoms with Gasteiger partial charge in [-0.05, 0) is 13.8 Å². The lowest BCUT2D eigenvalue weighted by Crippen LogP contribution is -2.43. The second-order valence-corrected chi connectivity index (χ2v) is 4.84. The van der Waals surface area contributed by atoms with E-state index in [1.165, 1.54) is 0 Å². The predicted octanol–water partition coefficient (Wildman–Crippen LogP) is 0.638. The SMILES string of the molecule is COCC[C@@](C)(O)CNC(=O)Nc1cc(C)nn1C. The maximum atomic E-state index is 11.7. The van der Waals surface area contributed by atoms with E-state index in [0.717, 1.165) is 5.69 Å². The second kappa shape index (κ2) is 6.53. The standard InChI is InChI=1S/C12H22N4O3/c1-9-7-10(16(3)15-9)14-11(17)13-8-12(2,18)5-6-19-4/h7,18H,5-6,8H2,1-4H3,(H2,13,14,17)/t12-/m1/s1. The first-order chi connectivity index (χ1) is 8.84. The van der Waals surface area contributed by atoms with E-state index in [1.807, 2.05) is 6.92 Å². The van der Waals surface area contributed by atoms with E-state index in [2.05, 4.69) is 15.7 Å². The lowest BCUT2D eigenvalue weighted by Gasteiger charge is -2.23. The van der Waals surface area contributed by atoms with Crippen LogP contribution in [0.4, 0.5) is 10.6 Å². The molecule has 3 N–H and O–H groups in total. The minimum absolute atomic E-state index is 0.152. The number of nitrogens with one attached hydrogen (secondary N) is 2. The molecule has 1 aromatic heterocycles. The van der Waals surface area contributed by atoms with E-state index in [1.54, 1.807) is 31.8 Å². The van der Waals surface area contributed by atoms with Gasteiger partial charge < -0.3 is 15.2 Å². The first-order valence-electron chi connectivity index (χ1n) is 6.11. The number of amides is 2. The van der Waals surface area contributed by atoms with Gasteiger partial charge in [0.05, 0.1) is 11.3 Å². The molecular weight excluding hydrogens is 248 g/mol. The fourth-order valence-electron chi connectivity index (χ4n) is 1.57. The molecule has 0 aliphatic heterocycles. The highest BCUT2D eigenvalue weighted by atomic mass is 16.5. The van der Waals surface area contributed by atoms with Gasteiger partial charge in [0.2, 0.25) is 0 Å². The largest absolute Gasteiger partial charge is 0.388 e. The summed E-state index contributed by atoms with van der Waals surface area (Å²) in [5.74, 6) is 0.603. The number of anilines is 1. The Balaban J connectivity index is 2.41. The van der Waals surface area contributed by atoms with E-state index >= 15 is 0 Å². The number of hydrogen-bond donors (Lipinski definition) is 3. The zero-order valence-electron chi connectivity index (χ0n) is 11.9. The molecule has 2 amide bonds. The lowest BCUT2D eigenvalue weighted by atomic mass is 10.0. The van der Waals surface area contributed by atoms with Crippen LogP contribution in [0.25, 0.3) is 0 Å². The monoisotopic (exact) mass is 270 g/mol. The lowest BCUT2D eigenvalue weighted by molar-refractivity contribution is 0.0273. The van der Waals surface area contributed by atoms with Crippen LogP contribution in [-0.4, -0.2) is 46.8 Å². The number of carbonyl (C=O) groups excluding carboxylic acids is 1. The van der Waals surface area contributed by atoms with Gasteiger partial charge in [0.25, 0.3) is 0 Å². The van der Waals surface area contributed by atoms with E-state index in [0.29, 0.717) is 18.8 Å². The zero-order valence-corrected chi connectivity index (χ0v) is 11.9. The van der Waals surface area contributed by atoms with Gasteiger partial charge in [-0.25, -0.2) is 4.79 Å². The fraction of sp³-hybridized carbons (Fsp3) is 0.667. The Morgan fingerprint density at radius 2 is 2.32 bits per heavy atom. The molecule has 108 valence electrons. The quantitative estimate of drug-likeness (QED) is 0.707. The molecule has 1 atom stereocenters. The van der Waals surface area contributed by atoms with Crippen LogP contribution in [-0.2, 0) is 11.8 Å². The Morgan fingerprint density at radius 3 is 2.84 bits per heavy atom. The molecule has 0 aromatic carbocycles. The van der Waals surface area contributed by atoms with Crippen LogP contribution in [0.15, 0.2) is 6.07 Å². The molecule has 0 fully saturated rings. The molecule has 0 unspecified atom stereocenters. The molecule has 7 nitrogen and oxygen atoms in total. The summed E-state index contributed by atoms with van der Waals surface area (Å²) < 4.78 is 6.48. The summed E-state index contributed by atoms with van der Waals surface area (Å²) in [6.07, 6.45) is 0.453. The van der Waals surface area contributed by atoms with Gasteiger partial charge in [0, 0.05) is 39.8 Å². The van der Waals surface area contributed by atoms with Gasteiger partial charge in [-0.1, -0.05) is 0 Å². The molecule has 0 saturated carbocycles. The Bertz CT molecular complexity index is 429. The minimum Gasteiger partial charge on any atom is -0.388 e. The van der Waals surface area contributed by atoms with Crippen molar-refractivity contribution in [3.63, 3.8) is 0 Å². The third-order valence-corrected chi connectivity index (χ3v) is 2.72. The van der Waals surface area contributed by atoms with Crippen molar-refractivity contribution in [1.29, 1.82) is 0 Å². The Labute approximate surface area is 112 Å². The number of carbonyl (C=O) groups is 1. The Hall–Kier alpha value is -1.60. The van der Waals surface area contributed by atoms with Gasteiger partial charge in [0.15, 0.2) is 0 Å². The van der Waals surface area contributed by atoms with Crippen molar-refractivity contribution in [3.8, 4) is 0 Å². The molecule has 1 aromatic rings. The summed E-state index contributed by atoms with van der Waals surface area (Å²) in [4.78, 5) is 11.7. The number of hydrogen-bond acceptors (Lipinski definition) is 4. The first kappa shape index (κ1) is 15.5. The summed E-state index contributed by atoms with van der Waals surface area (Å²) in [7, 11) is 3.32. The normalized spacial score (nSPS) is 13.9. The molecular formula is C12H22N4O3. The van der Waals surface area contributed by atoms with Gasteiger partial charge in [0.1, 0.15) is 5.82 Å². The first-order valence-corrected chi connectivity index (χ1v) is 6.11. The molecule has 19 heavy (non-hydrogen) atoms. The smallest absolute Gasteiger partial charge is 0.320 e. The van der Waals surface area contributed by atoms with Gasteiger partial charge in [-0.2, -0.15) is 5.10 Å². The van der Waals surface area contributed by atoms with Crippen molar-refractivity contribution < 1.29 is 14.6 Å². The molecule has 0 spiro atoms. The Morgan fingerprint density at radius 1 is 1.63 bits per heavy atom. The van der Waals surface area contributed by atoms with Crippen molar-refractivity contribution in [3.05, 3.63) is 11.8 Å². The molecule has 0 saturated heterocycles. The molecule has 7 heteroatoms. The second-order valence-electron chi connectivity index (χ2n) is 4.84. The summed E-state index contributed by atoms with van der Waals surface area (Å²) in [6.45, 7) is 4.09. The molecule has 0 bridgehead atoms. The van der Waals surface area contributed by atoms with Crippen LogP contribution in [0.1, 0.15) is 19.0 Å². The Kier molecular flexibility index (Phi) is 5.31. The number of ether oxygens (including phenoxy) is 1. The van der Waals surface area contributed by atoms with Gasteiger partial charge in [-0.15, -0.1) is 0 Å². The molecule has 1 rings (SSSR count). The highest BCUT2D eigenvalue weighted by molar-refractivity contribution is 5.88. The number of urea groups is 1. The molecule has 0 aliphatic rings. The van der Waals surface area contributed by atoms with Gasteiger partial charge >= 0.3 is 6.03 Å².